The Morgan fingerprint density at radius 3 is 2.67 bits per heavy atom. The first-order valence-electron chi connectivity index (χ1n) is 10.7. The number of anilines is 1. The third kappa shape index (κ3) is 5.33. The SMILES string of the molecule is CCOC(=O)c1c(NC(=O)c2ccc(CSc3nnc(C)c(=O)[nH]3)cc2)sc2c1CCCC2. The highest BCUT2D eigenvalue weighted by Crippen LogP contribution is 2.38. The molecular weight excluding hydrogens is 460 g/mol. The molecule has 1 aliphatic carbocycles. The number of fused-ring (bicyclic) bond motifs is 1. The maximum Gasteiger partial charge on any atom is 0.341 e. The highest BCUT2D eigenvalue weighted by atomic mass is 32.2. The van der Waals surface area contributed by atoms with Crippen LogP contribution < -0.4 is 10.9 Å². The van der Waals surface area contributed by atoms with Crippen molar-refractivity contribution in [1.82, 2.24) is 15.2 Å². The molecule has 2 aromatic heterocycles. The van der Waals surface area contributed by atoms with Crippen LogP contribution in [0.5, 0.6) is 0 Å². The van der Waals surface area contributed by atoms with Crippen molar-refractivity contribution in [3.63, 3.8) is 0 Å². The molecule has 3 aromatic rings. The van der Waals surface area contributed by atoms with Gasteiger partial charge in [-0.25, -0.2) is 4.79 Å². The number of H-pyrrole nitrogens is 1. The number of rotatable bonds is 7. The lowest BCUT2D eigenvalue weighted by Crippen LogP contribution is -2.15. The quantitative estimate of drug-likeness (QED) is 0.383. The first kappa shape index (κ1) is 23.2. The summed E-state index contributed by atoms with van der Waals surface area (Å²) in [6.07, 6.45) is 3.87. The lowest BCUT2D eigenvalue weighted by molar-refractivity contribution is 0.0526. The number of carbonyl (C=O) groups is 2. The van der Waals surface area contributed by atoms with Crippen LogP contribution in [0.25, 0.3) is 0 Å². The molecule has 172 valence electrons. The summed E-state index contributed by atoms with van der Waals surface area (Å²) in [4.78, 5) is 41.0. The fourth-order valence-corrected chi connectivity index (χ4v) is 5.63. The lowest BCUT2D eigenvalue weighted by atomic mass is 9.95. The molecule has 0 saturated carbocycles. The Kier molecular flexibility index (Phi) is 7.24. The molecule has 0 unspecified atom stereocenters. The maximum absolute atomic E-state index is 12.9. The number of hydrogen-bond acceptors (Lipinski definition) is 8. The summed E-state index contributed by atoms with van der Waals surface area (Å²) in [6.45, 7) is 3.67. The number of thiophene rings is 1. The van der Waals surface area contributed by atoms with E-state index in [9.17, 15) is 14.4 Å². The minimum Gasteiger partial charge on any atom is -0.462 e. The van der Waals surface area contributed by atoms with Gasteiger partial charge in [-0.1, -0.05) is 23.9 Å². The number of thioether (sulfide) groups is 1. The van der Waals surface area contributed by atoms with Crippen LogP contribution in [0.2, 0.25) is 0 Å². The van der Waals surface area contributed by atoms with Gasteiger partial charge >= 0.3 is 5.97 Å². The van der Waals surface area contributed by atoms with Crippen molar-refractivity contribution < 1.29 is 14.3 Å². The molecule has 10 heteroatoms. The maximum atomic E-state index is 12.9. The molecule has 8 nitrogen and oxygen atoms in total. The van der Waals surface area contributed by atoms with Gasteiger partial charge in [0.25, 0.3) is 11.5 Å². The zero-order chi connectivity index (χ0) is 23.4. The van der Waals surface area contributed by atoms with E-state index in [0.717, 1.165) is 41.7 Å². The van der Waals surface area contributed by atoms with Gasteiger partial charge in [0.15, 0.2) is 5.16 Å². The summed E-state index contributed by atoms with van der Waals surface area (Å²) in [6, 6.07) is 7.19. The molecule has 2 heterocycles. The molecule has 1 amide bonds. The van der Waals surface area contributed by atoms with Gasteiger partial charge in [-0.2, -0.15) is 0 Å². The predicted octanol–water partition coefficient (Wildman–Crippen LogP) is 4.13. The van der Waals surface area contributed by atoms with Crippen LogP contribution in [-0.2, 0) is 23.3 Å². The van der Waals surface area contributed by atoms with E-state index in [1.807, 2.05) is 12.1 Å². The average molecular weight is 485 g/mol. The van der Waals surface area contributed by atoms with E-state index in [4.69, 9.17) is 4.74 Å². The standard InChI is InChI=1S/C23H24N4O4S2/c1-3-31-22(30)18-16-6-4-5-7-17(16)33-21(18)24-20(29)15-10-8-14(9-11-15)12-32-23-25-19(28)13(2)26-27-23/h8-11H,3-7,12H2,1-2H3,(H,24,29)(H,25,27,28). The second kappa shape index (κ2) is 10.3. The van der Waals surface area contributed by atoms with Crippen LogP contribution in [0.4, 0.5) is 5.00 Å². The smallest absolute Gasteiger partial charge is 0.341 e. The van der Waals surface area contributed by atoms with Crippen molar-refractivity contribution >= 4 is 40.0 Å². The fraction of sp³-hybridized carbons (Fsp3) is 0.348. The second-order valence-electron chi connectivity index (χ2n) is 7.62. The molecule has 0 fully saturated rings. The van der Waals surface area contributed by atoms with Crippen molar-refractivity contribution in [3.05, 3.63) is 67.4 Å². The molecular formula is C23H24N4O4S2. The summed E-state index contributed by atoms with van der Waals surface area (Å²) < 4.78 is 5.26. The van der Waals surface area contributed by atoms with E-state index in [-0.39, 0.29) is 17.4 Å². The predicted molar refractivity (Wildman–Crippen MR) is 128 cm³/mol. The van der Waals surface area contributed by atoms with Crippen LogP contribution in [0, 0.1) is 6.92 Å². The molecule has 1 aromatic carbocycles. The largest absolute Gasteiger partial charge is 0.462 e. The summed E-state index contributed by atoms with van der Waals surface area (Å²) in [5.41, 5.74) is 3.06. The van der Waals surface area contributed by atoms with E-state index < -0.39 is 0 Å². The molecule has 4 rings (SSSR count). The molecule has 0 saturated heterocycles. The first-order valence-corrected chi connectivity index (χ1v) is 12.5. The number of hydrogen-bond donors (Lipinski definition) is 2. The minimum absolute atomic E-state index is 0.253. The summed E-state index contributed by atoms with van der Waals surface area (Å²) in [5.74, 6) is -0.0795. The average Bonchev–Trinajstić information content (AvgIpc) is 3.18. The Balaban J connectivity index is 1.45. The van der Waals surface area contributed by atoms with Gasteiger partial charge in [-0.05, 0) is 62.8 Å². The molecule has 0 spiro atoms. The summed E-state index contributed by atoms with van der Waals surface area (Å²) in [5, 5.41) is 11.7. The van der Waals surface area contributed by atoms with E-state index in [0.29, 0.717) is 39.3 Å². The number of aromatic nitrogens is 3. The molecule has 0 bridgehead atoms. The number of benzene rings is 1. The van der Waals surface area contributed by atoms with Crippen molar-refractivity contribution in [1.29, 1.82) is 0 Å². The molecule has 0 aliphatic heterocycles. The highest BCUT2D eigenvalue weighted by Gasteiger charge is 2.27. The normalized spacial score (nSPS) is 12.8. The second-order valence-corrected chi connectivity index (χ2v) is 9.69. The van der Waals surface area contributed by atoms with Crippen LogP contribution >= 0.6 is 23.1 Å². The van der Waals surface area contributed by atoms with Gasteiger partial charge in [0.05, 0.1) is 12.2 Å². The third-order valence-corrected chi connectivity index (χ3v) is 7.45. The van der Waals surface area contributed by atoms with Crippen molar-refractivity contribution in [3.8, 4) is 0 Å². The van der Waals surface area contributed by atoms with Crippen molar-refractivity contribution in [2.45, 2.75) is 50.4 Å². The zero-order valence-electron chi connectivity index (χ0n) is 18.4. The van der Waals surface area contributed by atoms with Crippen molar-refractivity contribution in [2.75, 3.05) is 11.9 Å². The number of esters is 1. The number of aromatic amines is 1. The Hall–Kier alpha value is -2.98. The monoisotopic (exact) mass is 484 g/mol. The zero-order valence-corrected chi connectivity index (χ0v) is 20.0. The van der Waals surface area contributed by atoms with Crippen LogP contribution in [0.1, 0.15) is 62.2 Å². The highest BCUT2D eigenvalue weighted by molar-refractivity contribution is 7.98. The van der Waals surface area contributed by atoms with Gasteiger partial charge < -0.3 is 10.1 Å². The summed E-state index contributed by atoms with van der Waals surface area (Å²) in [7, 11) is 0. The number of carbonyl (C=O) groups excluding carboxylic acids is 2. The molecule has 33 heavy (non-hydrogen) atoms. The molecule has 0 atom stereocenters. The Bertz CT molecular complexity index is 1230. The lowest BCUT2D eigenvalue weighted by Gasteiger charge is -2.12. The van der Waals surface area contributed by atoms with E-state index in [1.165, 1.54) is 23.1 Å². The van der Waals surface area contributed by atoms with E-state index in [2.05, 4.69) is 20.5 Å². The third-order valence-electron chi connectivity index (χ3n) is 5.31. The van der Waals surface area contributed by atoms with Gasteiger partial charge in [-0.3, -0.25) is 14.6 Å². The molecule has 2 N–H and O–H groups in total. The Morgan fingerprint density at radius 1 is 1.18 bits per heavy atom. The van der Waals surface area contributed by atoms with E-state index >= 15 is 0 Å². The summed E-state index contributed by atoms with van der Waals surface area (Å²) >= 11 is 2.83. The number of nitrogens with zero attached hydrogens (tertiary/aromatic N) is 2. The van der Waals surface area contributed by atoms with Crippen molar-refractivity contribution in [2.24, 2.45) is 0 Å². The fourth-order valence-electron chi connectivity index (χ4n) is 3.60. The van der Waals surface area contributed by atoms with Crippen LogP contribution in [0.15, 0.2) is 34.2 Å². The topological polar surface area (TPSA) is 114 Å². The first-order chi connectivity index (χ1) is 16.0. The van der Waals surface area contributed by atoms with Crippen LogP contribution in [0.3, 0.4) is 0 Å². The van der Waals surface area contributed by atoms with Gasteiger partial charge in [0, 0.05) is 16.2 Å². The number of nitrogens with one attached hydrogen (secondary N) is 2. The number of amides is 1. The Labute approximate surface area is 199 Å². The Morgan fingerprint density at radius 2 is 1.94 bits per heavy atom. The molecule has 0 radical (unpaired) electrons. The number of ether oxygens (including phenoxy) is 1. The number of aryl methyl sites for hydroxylation is 2. The van der Waals surface area contributed by atoms with Crippen LogP contribution in [-0.4, -0.2) is 33.7 Å². The minimum atomic E-state index is -0.378. The van der Waals surface area contributed by atoms with Gasteiger partial charge in [-0.15, -0.1) is 21.5 Å². The molecule has 1 aliphatic rings. The van der Waals surface area contributed by atoms with Gasteiger partial charge in [0.1, 0.15) is 10.7 Å². The van der Waals surface area contributed by atoms with E-state index in [1.54, 1.807) is 26.0 Å². The van der Waals surface area contributed by atoms with Gasteiger partial charge in [0.2, 0.25) is 0 Å².